The van der Waals surface area contributed by atoms with Gasteiger partial charge < -0.3 is 14.8 Å². The van der Waals surface area contributed by atoms with Crippen LogP contribution in [0.5, 0.6) is 0 Å². The van der Waals surface area contributed by atoms with Crippen LogP contribution in [0.2, 0.25) is 0 Å². The lowest BCUT2D eigenvalue weighted by Gasteiger charge is -2.18. The molecule has 0 bridgehead atoms. The Morgan fingerprint density at radius 3 is 2.25 bits per heavy atom. The molecule has 0 saturated heterocycles. The average Bonchev–Trinajstić information content (AvgIpc) is 2.31. The highest BCUT2D eigenvalue weighted by Gasteiger charge is 2.09. The van der Waals surface area contributed by atoms with Crippen LogP contribution < -0.4 is 5.32 Å². The van der Waals surface area contributed by atoms with E-state index >= 15 is 0 Å². The highest BCUT2D eigenvalue weighted by Crippen LogP contribution is 2.16. The van der Waals surface area contributed by atoms with E-state index in [1.165, 1.54) is 5.56 Å². The Labute approximate surface area is 105 Å². The minimum atomic E-state index is -0.196. The molecule has 0 radical (unpaired) electrons. The number of halogens is 1. The smallest absolute Gasteiger partial charge is 0.169 e. The fourth-order valence-electron chi connectivity index (χ4n) is 1.41. The van der Waals surface area contributed by atoms with Crippen molar-refractivity contribution in [3.05, 3.63) is 34.3 Å². The molecule has 1 N–H and O–H groups in total. The quantitative estimate of drug-likeness (QED) is 0.816. The van der Waals surface area contributed by atoms with E-state index in [0.29, 0.717) is 6.54 Å². The normalized spacial score (nSPS) is 13.1. The standard InChI is InChI=1S/C12H18BrNO2/c1-9(14-8-12(15-2)16-3)10-4-6-11(13)7-5-10/h4-7,9,12,14H,8H2,1-3H3/t9-/m1/s1. The van der Waals surface area contributed by atoms with Gasteiger partial charge in [-0.05, 0) is 24.6 Å². The van der Waals surface area contributed by atoms with Gasteiger partial charge in [0, 0.05) is 31.3 Å². The van der Waals surface area contributed by atoms with Gasteiger partial charge in [0.2, 0.25) is 0 Å². The molecular weight excluding hydrogens is 270 g/mol. The van der Waals surface area contributed by atoms with Gasteiger partial charge >= 0.3 is 0 Å². The molecule has 1 rings (SSSR count). The molecule has 3 nitrogen and oxygen atoms in total. The zero-order valence-electron chi connectivity index (χ0n) is 9.87. The van der Waals surface area contributed by atoms with Gasteiger partial charge in [-0.25, -0.2) is 0 Å². The second-order valence-electron chi connectivity index (χ2n) is 3.58. The zero-order chi connectivity index (χ0) is 12.0. The third kappa shape index (κ3) is 4.22. The summed E-state index contributed by atoms with van der Waals surface area (Å²) in [6, 6.07) is 8.54. The Kier molecular flexibility index (Phi) is 5.98. The summed E-state index contributed by atoms with van der Waals surface area (Å²) in [6.07, 6.45) is -0.196. The van der Waals surface area contributed by atoms with E-state index in [1.54, 1.807) is 14.2 Å². The molecular formula is C12H18BrNO2. The summed E-state index contributed by atoms with van der Waals surface area (Å²) >= 11 is 3.42. The van der Waals surface area contributed by atoms with Crippen molar-refractivity contribution in [2.75, 3.05) is 20.8 Å². The largest absolute Gasteiger partial charge is 0.355 e. The van der Waals surface area contributed by atoms with Crippen molar-refractivity contribution in [3.63, 3.8) is 0 Å². The predicted molar refractivity (Wildman–Crippen MR) is 68.4 cm³/mol. The van der Waals surface area contributed by atoms with E-state index in [2.05, 4.69) is 40.3 Å². The molecule has 1 aromatic carbocycles. The number of rotatable bonds is 6. The molecule has 0 amide bonds. The van der Waals surface area contributed by atoms with E-state index in [1.807, 2.05) is 12.1 Å². The number of benzene rings is 1. The molecule has 0 saturated carbocycles. The van der Waals surface area contributed by atoms with Gasteiger partial charge in [0.25, 0.3) is 0 Å². The Bertz CT molecular complexity index is 298. The molecule has 0 aliphatic rings. The molecule has 1 atom stereocenters. The fraction of sp³-hybridized carbons (Fsp3) is 0.500. The first kappa shape index (κ1) is 13.6. The van der Waals surface area contributed by atoms with Gasteiger partial charge in [-0.1, -0.05) is 28.1 Å². The molecule has 0 spiro atoms. The van der Waals surface area contributed by atoms with E-state index in [9.17, 15) is 0 Å². The van der Waals surface area contributed by atoms with Crippen LogP contribution in [-0.2, 0) is 9.47 Å². The Hall–Kier alpha value is -0.420. The monoisotopic (exact) mass is 287 g/mol. The summed E-state index contributed by atoms with van der Waals surface area (Å²) < 4.78 is 11.3. The van der Waals surface area contributed by atoms with Crippen molar-refractivity contribution in [2.24, 2.45) is 0 Å². The number of hydrogen-bond donors (Lipinski definition) is 1. The number of methoxy groups -OCH3 is 2. The lowest BCUT2D eigenvalue weighted by Crippen LogP contribution is -2.31. The van der Waals surface area contributed by atoms with E-state index < -0.39 is 0 Å². The number of nitrogens with one attached hydrogen (secondary N) is 1. The van der Waals surface area contributed by atoms with Crippen molar-refractivity contribution in [1.29, 1.82) is 0 Å². The molecule has 16 heavy (non-hydrogen) atoms. The maximum absolute atomic E-state index is 5.11. The van der Waals surface area contributed by atoms with Gasteiger partial charge in [0.05, 0.1) is 0 Å². The first-order valence-electron chi connectivity index (χ1n) is 5.21. The van der Waals surface area contributed by atoms with Crippen LogP contribution in [0.4, 0.5) is 0 Å². The maximum Gasteiger partial charge on any atom is 0.169 e. The summed E-state index contributed by atoms with van der Waals surface area (Å²) in [5, 5.41) is 3.35. The van der Waals surface area contributed by atoms with Gasteiger partial charge in [-0.2, -0.15) is 0 Å². The highest BCUT2D eigenvalue weighted by molar-refractivity contribution is 9.10. The van der Waals surface area contributed by atoms with Gasteiger partial charge in [-0.3, -0.25) is 0 Å². The van der Waals surface area contributed by atoms with Crippen molar-refractivity contribution >= 4 is 15.9 Å². The predicted octanol–water partition coefficient (Wildman–Crippen LogP) is 2.72. The Balaban J connectivity index is 2.46. The lowest BCUT2D eigenvalue weighted by atomic mass is 10.1. The van der Waals surface area contributed by atoms with Crippen LogP contribution in [0.3, 0.4) is 0 Å². The average molecular weight is 288 g/mol. The first-order valence-corrected chi connectivity index (χ1v) is 6.01. The molecule has 1 aromatic rings. The van der Waals surface area contributed by atoms with Gasteiger partial charge in [-0.15, -0.1) is 0 Å². The van der Waals surface area contributed by atoms with Gasteiger partial charge in [0.15, 0.2) is 6.29 Å². The van der Waals surface area contributed by atoms with Gasteiger partial charge in [0.1, 0.15) is 0 Å². The van der Waals surface area contributed by atoms with Crippen LogP contribution in [0.1, 0.15) is 18.5 Å². The molecule has 4 heteroatoms. The van der Waals surface area contributed by atoms with Crippen LogP contribution in [0.15, 0.2) is 28.7 Å². The minimum Gasteiger partial charge on any atom is -0.355 e. The zero-order valence-corrected chi connectivity index (χ0v) is 11.5. The van der Waals surface area contributed by atoms with Crippen LogP contribution in [0.25, 0.3) is 0 Å². The van der Waals surface area contributed by atoms with E-state index in [-0.39, 0.29) is 12.3 Å². The summed E-state index contributed by atoms with van der Waals surface area (Å²) in [5.74, 6) is 0. The molecule has 90 valence electrons. The van der Waals surface area contributed by atoms with Crippen LogP contribution in [-0.4, -0.2) is 27.1 Å². The molecule has 0 aromatic heterocycles. The fourth-order valence-corrected chi connectivity index (χ4v) is 1.67. The summed E-state index contributed by atoms with van der Waals surface area (Å²) in [7, 11) is 3.28. The summed E-state index contributed by atoms with van der Waals surface area (Å²) in [6.45, 7) is 2.79. The Morgan fingerprint density at radius 2 is 1.75 bits per heavy atom. The van der Waals surface area contributed by atoms with Crippen molar-refractivity contribution in [1.82, 2.24) is 5.32 Å². The highest BCUT2D eigenvalue weighted by atomic mass is 79.9. The third-order valence-electron chi connectivity index (χ3n) is 2.49. The van der Waals surface area contributed by atoms with Crippen molar-refractivity contribution in [2.45, 2.75) is 19.3 Å². The first-order chi connectivity index (χ1) is 7.67. The SMILES string of the molecule is COC(CN[C@H](C)c1ccc(Br)cc1)OC. The third-order valence-corrected chi connectivity index (χ3v) is 3.02. The minimum absolute atomic E-state index is 0.196. The molecule has 0 aliphatic heterocycles. The van der Waals surface area contributed by atoms with Crippen LogP contribution >= 0.6 is 15.9 Å². The Morgan fingerprint density at radius 1 is 1.19 bits per heavy atom. The van der Waals surface area contributed by atoms with Crippen molar-refractivity contribution in [3.8, 4) is 0 Å². The number of ether oxygens (including phenoxy) is 2. The summed E-state index contributed by atoms with van der Waals surface area (Å²) in [4.78, 5) is 0. The molecule has 0 fully saturated rings. The topological polar surface area (TPSA) is 30.5 Å². The summed E-state index contributed by atoms with van der Waals surface area (Å²) in [5.41, 5.74) is 1.24. The van der Waals surface area contributed by atoms with E-state index in [0.717, 1.165) is 4.47 Å². The maximum atomic E-state index is 5.11. The molecule has 0 unspecified atom stereocenters. The second-order valence-corrected chi connectivity index (χ2v) is 4.50. The second kappa shape index (κ2) is 7.01. The van der Waals surface area contributed by atoms with E-state index in [4.69, 9.17) is 9.47 Å². The lowest BCUT2D eigenvalue weighted by molar-refractivity contribution is -0.0997. The molecule has 0 heterocycles. The van der Waals surface area contributed by atoms with Crippen LogP contribution in [0, 0.1) is 0 Å². The van der Waals surface area contributed by atoms with Crippen molar-refractivity contribution < 1.29 is 9.47 Å². The molecule has 0 aliphatic carbocycles. The number of hydrogen-bond acceptors (Lipinski definition) is 3.